The van der Waals surface area contributed by atoms with Crippen molar-refractivity contribution in [2.75, 3.05) is 0 Å². The Kier molecular flexibility index (Phi) is 3.17. The van der Waals surface area contributed by atoms with Gasteiger partial charge >= 0.3 is 6.03 Å². The first-order valence-corrected chi connectivity index (χ1v) is 6.21. The maximum atomic E-state index is 10.6. The number of primary amides is 1. The molecule has 0 radical (unpaired) electrons. The molecule has 0 aromatic rings. The Balaban J connectivity index is 1.99. The van der Waals surface area contributed by atoms with Gasteiger partial charge in [-0.15, -0.1) is 0 Å². The van der Waals surface area contributed by atoms with Gasteiger partial charge in [-0.1, -0.05) is 19.8 Å². The van der Waals surface area contributed by atoms with Crippen LogP contribution >= 0.6 is 0 Å². The lowest BCUT2D eigenvalue weighted by Gasteiger charge is -2.45. The van der Waals surface area contributed by atoms with E-state index in [1.807, 2.05) is 0 Å². The molecule has 2 fully saturated rings. The largest absolute Gasteiger partial charge is 0.350 e. The highest BCUT2D eigenvalue weighted by Gasteiger charge is 2.39. The average Bonchev–Trinajstić information content (AvgIpc) is 2.26. The van der Waals surface area contributed by atoms with Gasteiger partial charge in [-0.25, -0.2) is 10.2 Å². The molecular weight excluding hydrogens is 202 g/mol. The van der Waals surface area contributed by atoms with Crippen LogP contribution in [0.15, 0.2) is 5.10 Å². The van der Waals surface area contributed by atoms with Crippen LogP contribution in [-0.4, -0.2) is 11.7 Å². The summed E-state index contributed by atoms with van der Waals surface area (Å²) < 4.78 is 0. The van der Waals surface area contributed by atoms with Crippen molar-refractivity contribution >= 4 is 11.7 Å². The summed E-state index contributed by atoms with van der Waals surface area (Å²) in [4.78, 5) is 10.6. The molecule has 0 heterocycles. The number of rotatable bonds is 1. The lowest BCUT2D eigenvalue weighted by Crippen LogP contribution is -2.38. The maximum Gasteiger partial charge on any atom is 0.332 e. The van der Waals surface area contributed by atoms with Gasteiger partial charge in [0.15, 0.2) is 0 Å². The lowest BCUT2D eigenvalue weighted by atomic mass is 9.60. The summed E-state index contributed by atoms with van der Waals surface area (Å²) >= 11 is 0. The second kappa shape index (κ2) is 4.44. The Bertz CT molecular complexity index is 313. The zero-order chi connectivity index (χ0) is 11.6. The fourth-order valence-corrected chi connectivity index (χ4v) is 3.20. The first kappa shape index (κ1) is 11.4. The number of amides is 2. The van der Waals surface area contributed by atoms with E-state index in [0.29, 0.717) is 5.41 Å². The van der Waals surface area contributed by atoms with E-state index >= 15 is 0 Å². The highest BCUT2D eigenvalue weighted by Crippen LogP contribution is 2.49. The first-order valence-electron chi connectivity index (χ1n) is 6.21. The highest BCUT2D eigenvalue weighted by molar-refractivity contribution is 5.86. The van der Waals surface area contributed by atoms with Crippen LogP contribution in [-0.2, 0) is 0 Å². The van der Waals surface area contributed by atoms with E-state index in [0.717, 1.165) is 24.5 Å². The molecule has 16 heavy (non-hydrogen) atoms. The number of hydrazone groups is 1. The molecule has 2 rings (SSSR count). The van der Waals surface area contributed by atoms with Gasteiger partial charge in [0.1, 0.15) is 0 Å². The molecule has 0 saturated heterocycles. The number of nitrogens with two attached hydrogens (primary N) is 1. The topological polar surface area (TPSA) is 67.5 Å². The van der Waals surface area contributed by atoms with Crippen molar-refractivity contribution in [3.05, 3.63) is 0 Å². The van der Waals surface area contributed by atoms with Crippen molar-refractivity contribution in [1.29, 1.82) is 0 Å². The monoisotopic (exact) mass is 223 g/mol. The number of fused-ring (bicyclic) bond motifs is 1. The van der Waals surface area contributed by atoms with E-state index in [2.05, 4.69) is 17.5 Å². The van der Waals surface area contributed by atoms with Crippen LogP contribution in [0.1, 0.15) is 51.9 Å². The SMILES string of the molecule is CC12CCCCC1CC(=NNC(N)=O)CC2. The Morgan fingerprint density at radius 2 is 2.31 bits per heavy atom. The summed E-state index contributed by atoms with van der Waals surface area (Å²) in [5.41, 5.74) is 8.99. The third-order valence-corrected chi connectivity index (χ3v) is 4.33. The molecule has 90 valence electrons. The third-order valence-electron chi connectivity index (χ3n) is 4.33. The van der Waals surface area contributed by atoms with Gasteiger partial charge in [0, 0.05) is 5.71 Å². The van der Waals surface area contributed by atoms with Crippen molar-refractivity contribution in [3.8, 4) is 0 Å². The molecule has 2 amide bonds. The lowest BCUT2D eigenvalue weighted by molar-refractivity contribution is 0.0992. The van der Waals surface area contributed by atoms with Gasteiger partial charge in [0.05, 0.1) is 0 Å². The predicted octanol–water partition coefficient (Wildman–Crippen LogP) is 2.39. The smallest absolute Gasteiger partial charge is 0.332 e. The molecule has 2 atom stereocenters. The van der Waals surface area contributed by atoms with Gasteiger partial charge in [0.25, 0.3) is 0 Å². The highest BCUT2D eigenvalue weighted by atomic mass is 16.2. The van der Waals surface area contributed by atoms with Gasteiger partial charge in [-0.2, -0.15) is 5.10 Å². The Morgan fingerprint density at radius 3 is 3.06 bits per heavy atom. The predicted molar refractivity (Wildman–Crippen MR) is 64.1 cm³/mol. The molecule has 0 aromatic heterocycles. The van der Waals surface area contributed by atoms with Crippen LogP contribution in [0.4, 0.5) is 4.79 Å². The second-order valence-corrected chi connectivity index (χ2v) is 5.45. The quantitative estimate of drug-likeness (QED) is 0.658. The molecule has 2 aliphatic carbocycles. The minimum atomic E-state index is -0.565. The summed E-state index contributed by atoms with van der Waals surface area (Å²) in [5.74, 6) is 0.753. The summed E-state index contributed by atoms with van der Waals surface area (Å²) in [7, 11) is 0. The molecule has 0 aromatic carbocycles. The fourth-order valence-electron chi connectivity index (χ4n) is 3.20. The number of urea groups is 1. The molecule has 0 aliphatic heterocycles. The summed E-state index contributed by atoms with van der Waals surface area (Å²) in [6, 6.07) is -0.565. The molecule has 0 spiro atoms. The molecule has 0 bridgehead atoms. The minimum absolute atomic E-state index is 0.518. The van der Waals surface area contributed by atoms with Crippen molar-refractivity contribution < 1.29 is 4.79 Å². The van der Waals surface area contributed by atoms with Crippen molar-refractivity contribution in [1.82, 2.24) is 5.43 Å². The minimum Gasteiger partial charge on any atom is -0.350 e. The molecule has 2 aliphatic rings. The Morgan fingerprint density at radius 1 is 1.50 bits per heavy atom. The van der Waals surface area contributed by atoms with Gasteiger partial charge < -0.3 is 5.73 Å². The van der Waals surface area contributed by atoms with Crippen LogP contribution in [0.2, 0.25) is 0 Å². The Labute approximate surface area is 96.7 Å². The molecule has 2 unspecified atom stereocenters. The Hall–Kier alpha value is -1.06. The van der Waals surface area contributed by atoms with E-state index in [4.69, 9.17) is 5.73 Å². The van der Waals surface area contributed by atoms with E-state index in [1.165, 1.54) is 32.1 Å². The van der Waals surface area contributed by atoms with Crippen LogP contribution < -0.4 is 11.2 Å². The number of nitrogens with one attached hydrogen (secondary N) is 1. The molecule has 2 saturated carbocycles. The van der Waals surface area contributed by atoms with Crippen LogP contribution in [0, 0.1) is 11.3 Å². The zero-order valence-corrected chi connectivity index (χ0v) is 9.96. The van der Waals surface area contributed by atoms with E-state index in [1.54, 1.807) is 0 Å². The van der Waals surface area contributed by atoms with Gasteiger partial charge in [-0.05, 0) is 43.4 Å². The zero-order valence-electron chi connectivity index (χ0n) is 9.96. The molecule has 4 heteroatoms. The van der Waals surface area contributed by atoms with E-state index in [-0.39, 0.29) is 0 Å². The number of carbonyl (C=O) groups is 1. The summed E-state index contributed by atoms with van der Waals surface area (Å²) in [6.45, 7) is 2.41. The number of nitrogens with zero attached hydrogens (tertiary/aromatic N) is 1. The normalized spacial score (nSPS) is 36.8. The average molecular weight is 223 g/mol. The summed E-state index contributed by atoms with van der Waals surface area (Å²) in [5, 5.41) is 4.10. The molecule has 3 N–H and O–H groups in total. The van der Waals surface area contributed by atoms with Crippen molar-refractivity contribution in [2.45, 2.75) is 51.9 Å². The van der Waals surface area contributed by atoms with Crippen LogP contribution in [0.5, 0.6) is 0 Å². The number of hydrogen-bond acceptors (Lipinski definition) is 2. The maximum absolute atomic E-state index is 10.6. The number of hydrogen-bond donors (Lipinski definition) is 2. The standard InChI is InChI=1S/C12H21N3O/c1-12-6-3-2-4-9(12)8-10(5-7-12)14-15-11(13)16/h9H,2-8H2,1H3,(H3,13,15,16). The van der Waals surface area contributed by atoms with Crippen molar-refractivity contribution in [3.63, 3.8) is 0 Å². The number of carbonyl (C=O) groups excluding carboxylic acids is 1. The summed E-state index contributed by atoms with van der Waals surface area (Å²) in [6.07, 6.45) is 8.64. The van der Waals surface area contributed by atoms with E-state index < -0.39 is 6.03 Å². The van der Waals surface area contributed by atoms with Crippen molar-refractivity contribution in [2.24, 2.45) is 22.2 Å². The molecule has 4 nitrogen and oxygen atoms in total. The molecular formula is C12H21N3O. The van der Waals surface area contributed by atoms with Gasteiger partial charge in [-0.3, -0.25) is 0 Å². The van der Waals surface area contributed by atoms with Gasteiger partial charge in [0.2, 0.25) is 0 Å². The van der Waals surface area contributed by atoms with Crippen LogP contribution in [0.25, 0.3) is 0 Å². The van der Waals surface area contributed by atoms with Crippen LogP contribution in [0.3, 0.4) is 0 Å². The van der Waals surface area contributed by atoms with E-state index in [9.17, 15) is 4.79 Å². The first-order chi connectivity index (χ1) is 7.60. The fraction of sp³-hybridized carbons (Fsp3) is 0.833. The second-order valence-electron chi connectivity index (χ2n) is 5.45. The third kappa shape index (κ3) is 2.36.